The van der Waals surface area contributed by atoms with E-state index < -0.39 is 0 Å². The zero-order valence-electron chi connectivity index (χ0n) is 29.2. The van der Waals surface area contributed by atoms with Crippen LogP contribution in [0.5, 0.6) is 0 Å². The van der Waals surface area contributed by atoms with Crippen LogP contribution in [0.3, 0.4) is 0 Å². The molecule has 0 bridgehead atoms. The van der Waals surface area contributed by atoms with Crippen LogP contribution in [0.1, 0.15) is 0 Å². The molecule has 13 rings (SSSR count). The molecule has 0 spiro atoms. The number of nitrogens with zero attached hydrogens (tertiary/aromatic N) is 3. The molecular formula is C50H30BN3. The van der Waals surface area contributed by atoms with Gasteiger partial charge in [-0.1, -0.05) is 133 Å². The van der Waals surface area contributed by atoms with E-state index in [-0.39, 0.29) is 6.85 Å². The van der Waals surface area contributed by atoms with Crippen molar-refractivity contribution >= 4 is 100.0 Å². The van der Waals surface area contributed by atoms with Crippen molar-refractivity contribution in [3.8, 4) is 16.8 Å². The Bertz CT molecular complexity index is 3410. The van der Waals surface area contributed by atoms with Gasteiger partial charge in [0.15, 0.2) is 0 Å². The fourth-order valence-electron chi connectivity index (χ4n) is 10.1. The summed E-state index contributed by atoms with van der Waals surface area (Å²) in [6.07, 6.45) is 0. The second-order valence-corrected chi connectivity index (χ2v) is 14.8. The van der Waals surface area contributed by atoms with Crippen molar-refractivity contribution in [2.75, 3.05) is 4.90 Å². The van der Waals surface area contributed by atoms with Crippen molar-refractivity contribution in [2.24, 2.45) is 0 Å². The third-order valence-electron chi connectivity index (χ3n) is 12.2. The van der Waals surface area contributed by atoms with Crippen LogP contribution < -0.4 is 15.8 Å². The van der Waals surface area contributed by atoms with E-state index in [1.807, 2.05) is 0 Å². The first-order valence-electron chi connectivity index (χ1n) is 18.8. The Labute approximate surface area is 311 Å². The highest BCUT2D eigenvalue weighted by atomic mass is 15.2. The average molecular weight is 684 g/mol. The fourth-order valence-corrected chi connectivity index (χ4v) is 10.1. The Morgan fingerprint density at radius 1 is 0.389 bits per heavy atom. The number of hydrogen-bond acceptors (Lipinski definition) is 1. The number of aromatic nitrogens is 2. The Kier molecular flexibility index (Phi) is 5.45. The SMILES string of the molecule is c1ccc(-n2c3ccccc3c3c4c5c(cc32)N(c2ccc3ccccc3c2)c2ccc3ccccc3c2B5n2c3ccccc3c3cccc-4c32)cc1. The highest BCUT2D eigenvalue weighted by Gasteiger charge is 2.45. The van der Waals surface area contributed by atoms with Gasteiger partial charge in [0.25, 0.3) is 0 Å². The molecule has 248 valence electrons. The minimum absolute atomic E-state index is 0.0478. The Morgan fingerprint density at radius 2 is 1.07 bits per heavy atom. The van der Waals surface area contributed by atoms with Crippen LogP contribution in [0, 0.1) is 0 Å². The molecule has 0 saturated carbocycles. The van der Waals surface area contributed by atoms with Gasteiger partial charge < -0.3 is 13.9 Å². The van der Waals surface area contributed by atoms with E-state index in [1.54, 1.807) is 0 Å². The minimum Gasteiger partial charge on any atom is -0.375 e. The summed E-state index contributed by atoms with van der Waals surface area (Å²) < 4.78 is 5.16. The number of hydrogen-bond donors (Lipinski definition) is 0. The van der Waals surface area contributed by atoms with Crippen molar-refractivity contribution in [1.29, 1.82) is 0 Å². The normalized spacial score (nSPS) is 13.1. The van der Waals surface area contributed by atoms with Gasteiger partial charge in [0, 0.05) is 60.9 Å². The summed E-state index contributed by atoms with van der Waals surface area (Å²) >= 11 is 0. The molecule has 4 heterocycles. The van der Waals surface area contributed by atoms with E-state index in [4.69, 9.17) is 0 Å². The summed E-state index contributed by atoms with van der Waals surface area (Å²) in [5, 5.41) is 10.2. The molecule has 0 N–H and O–H groups in total. The third kappa shape index (κ3) is 3.53. The van der Waals surface area contributed by atoms with Crippen LogP contribution in [-0.4, -0.2) is 15.9 Å². The molecule has 2 aromatic heterocycles. The van der Waals surface area contributed by atoms with Gasteiger partial charge in [0.2, 0.25) is 0 Å². The fraction of sp³-hybridized carbons (Fsp3) is 0. The summed E-state index contributed by atoms with van der Waals surface area (Å²) in [5.74, 6) is 0. The van der Waals surface area contributed by atoms with Gasteiger partial charge in [0.05, 0.1) is 11.0 Å². The van der Waals surface area contributed by atoms with Gasteiger partial charge in [-0.25, -0.2) is 0 Å². The molecule has 2 aliphatic rings. The van der Waals surface area contributed by atoms with Gasteiger partial charge >= 0.3 is 6.85 Å². The van der Waals surface area contributed by atoms with Crippen LogP contribution in [0.2, 0.25) is 0 Å². The van der Waals surface area contributed by atoms with Crippen LogP contribution in [0.4, 0.5) is 17.1 Å². The van der Waals surface area contributed by atoms with E-state index in [9.17, 15) is 0 Å². The number of anilines is 3. The molecule has 0 aliphatic carbocycles. The van der Waals surface area contributed by atoms with E-state index in [0.29, 0.717) is 0 Å². The molecule has 4 heteroatoms. The standard InChI is InChI=1S/C50H30BN3/c1-2-16-34(17-3-1)52-41-23-10-9-20-39(41)46-44(52)30-45-49-47(46)40-22-12-21-38-37-19-8-11-24-42(37)54(50(38)40)51(49)48-36-18-7-6-14-32(36)26-28-43(48)53(45)35-27-25-31-13-4-5-15-33(31)29-35/h1-30H. The van der Waals surface area contributed by atoms with Gasteiger partial charge in [-0.15, -0.1) is 0 Å². The maximum atomic E-state index is 2.68. The monoisotopic (exact) mass is 683 g/mol. The minimum atomic E-state index is -0.0478. The lowest BCUT2D eigenvalue weighted by Gasteiger charge is -2.41. The predicted octanol–water partition coefficient (Wildman–Crippen LogP) is 11.6. The zero-order valence-corrected chi connectivity index (χ0v) is 29.2. The molecule has 54 heavy (non-hydrogen) atoms. The lowest BCUT2D eigenvalue weighted by atomic mass is 9.44. The molecule has 0 amide bonds. The lowest BCUT2D eigenvalue weighted by molar-refractivity contribution is 1.18. The number of rotatable bonds is 2. The predicted molar refractivity (Wildman–Crippen MR) is 229 cm³/mol. The van der Waals surface area contributed by atoms with E-state index >= 15 is 0 Å². The van der Waals surface area contributed by atoms with Crippen molar-refractivity contribution in [1.82, 2.24) is 9.05 Å². The Hall–Kier alpha value is -7.04. The molecule has 9 aromatic carbocycles. The Morgan fingerprint density at radius 3 is 1.94 bits per heavy atom. The highest BCUT2D eigenvalue weighted by molar-refractivity contribution is 6.92. The van der Waals surface area contributed by atoms with Gasteiger partial charge in [0.1, 0.15) is 0 Å². The number of para-hydroxylation sites is 4. The van der Waals surface area contributed by atoms with Crippen molar-refractivity contribution in [3.05, 3.63) is 182 Å². The first-order valence-corrected chi connectivity index (χ1v) is 18.8. The molecule has 0 radical (unpaired) electrons. The number of fused-ring (bicyclic) bond motifs is 14. The summed E-state index contributed by atoms with van der Waals surface area (Å²) in [6.45, 7) is -0.0478. The second kappa shape index (κ2) is 10.3. The zero-order chi connectivity index (χ0) is 35.1. The molecule has 3 nitrogen and oxygen atoms in total. The van der Waals surface area contributed by atoms with Gasteiger partial charge in [-0.3, -0.25) is 0 Å². The van der Waals surface area contributed by atoms with E-state index in [2.05, 4.69) is 196 Å². The van der Waals surface area contributed by atoms with E-state index in [1.165, 1.54) is 98.6 Å². The molecule has 2 aliphatic heterocycles. The number of benzene rings is 9. The average Bonchev–Trinajstić information content (AvgIpc) is 3.75. The largest absolute Gasteiger partial charge is 0.375 e. The molecule has 0 fully saturated rings. The van der Waals surface area contributed by atoms with Gasteiger partial charge in [-0.2, -0.15) is 0 Å². The van der Waals surface area contributed by atoms with Crippen LogP contribution in [-0.2, 0) is 0 Å². The first kappa shape index (κ1) is 28.5. The van der Waals surface area contributed by atoms with Crippen molar-refractivity contribution in [2.45, 2.75) is 0 Å². The second-order valence-electron chi connectivity index (χ2n) is 14.8. The highest BCUT2D eigenvalue weighted by Crippen LogP contribution is 2.50. The van der Waals surface area contributed by atoms with Crippen molar-refractivity contribution in [3.63, 3.8) is 0 Å². The molecular weight excluding hydrogens is 653 g/mol. The van der Waals surface area contributed by atoms with Crippen LogP contribution in [0.15, 0.2) is 182 Å². The summed E-state index contributed by atoms with van der Waals surface area (Å²) in [5.41, 5.74) is 15.1. The van der Waals surface area contributed by atoms with Crippen molar-refractivity contribution < 1.29 is 0 Å². The van der Waals surface area contributed by atoms with E-state index in [0.717, 1.165) is 11.4 Å². The molecule has 11 aromatic rings. The molecule has 0 unspecified atom stereocenters. The van der Waals surface area contributed by atoms with Gasteiger partial charge in [-0.05, 0) is 86.6 Å². The summed E-state index contributed by atoms with van der Waals surface area (Å²) in [6, 6.07) is 67.7. The molecule has 0 saturated heterocycles. The summed E-state index contributed by atoms with van der Waals surface area (Å²) in [7, 11) is 0. The molecule has 0 atom stereocenters. The maximum absolute atomic E-state index is 2.68. The maximum Gasteiger partial charge on any atom is 0.333 e. The third-order valence-corrected chi connectivity index (χ3v) is 12.2. The quantitative estimate of drug-likeness (QED) is 0.165. The van der Waals surface area contributed by atoms with Crippen LogP contribution >= 0.6 is 0 Å². The topological polar surface area (TPSA) is 13.1 Å². The Balaban J connectivity index is 1.30. The summed E-state index contributed by atoms with van der Waals surface area (Å²) in [4.78, 5) is 2.56. The lowest BCUT2D eigenvalue weighted by Crippen LogP contribution is -2.57. The van der Waals surface area contributed by atoms with Crippen LogP contribution in [0.25, 0.3) is 82.0 Å². The smallest absolute Gasteiger partial charge is 0.333 e. The first-order chi connectivity index (χ1) is 26.8.